The third-order valence-electron chi connectivity index (χ3n) is 2.74. The molecular weight excluding hydrogens is 174 g/mol. The van der Waals surface area contributed by atoms with Gasteiger partial charge in [-0.05, 0) is 38.6 Å². The standard InChI is InChI=1S/C12H23NO/c1-3-7-11(13-9-4-2)12-8-5-6-10-14-12/h3,11-13H,1,4-10H2,2H3. The first-order chi connectivity index (χ1) is 6.88. The first kappa shape index (κ1) is 11.7. The molecule has 0 radical (unpaired) electrons. The molecule has 1 saturated heterocycles. The molecule has 0 aliphatic carbocycles. The van der Waals surface area contributed by atoms with Crippen LogP contribution in [0, 0.1) is 0 Å². The van der Waals surface area contributed by atoms with Crippen molar-refractivity contribution >= 4 is 0 Å². The van der Waals surface area contributed by atoms with Gasteiger partial charge in [0.15, 0.2) is 0 Å². The van der Waals surface area contributed by atoms with Crippen LogP contribution in [0.5, 0.6) is 0 Å². The maximum Gasteiger partial charge on any atom is 0.0731 e. The van der Waals surface area contributed by atoms with Crippen molar-refractivity contribution in [2.75, 3.05) is 13.2 Å². The van der Waals surface area contributed by atoms with Gasteiger partial charge in [0.2, 0.25) is 0 Å². The molecule has 14 heavy (non-hydrogen) atoms. The van der Waals surface area contributed by atoms with Crippen molar-refractivity contribution < 1.29 is 4.74 Å². The van der Waals surface area contributed by atoms with Crippen LogP contribution in [0.15, 0.2) is 12.7 Å². The van der Waals surface area contributed by atoms with Crippen LogP contribution in [-0.2, 0) is 4.74 Å². The second-order valence-electron chi connectivity index (χ2n) is 3.99. The van der Waals surface area contributed by atoms with Gasteiger partial charge in [-0.2, -0.15) is 0 Å². The van der Waals surface area contributed by atoms with Crippen LogP contribution < -0.4 is 5.32 Å². The summed E-state index contributed by atoms with van der Waals surface area (Å²) in [6.07, 6.45) is 8.34. The van der Waals surface area contributed by atoms with E-state index in [-0.39, 0.29) is 0 Å². The topological polar surface area (TPSA) is 21.3 Å². The second kappa shape index (κ2) is 7.02. The smallest absolute Gasteiger partial charge is 0.0731 e. The van der Waals surface area contributed by atoms with E-state index in [0.29, 0.717) is 12.1 Å². The SMILES string of the molecule is C=CCC(NCCC)C1CCCCO1. The summed E-state index contributed by atoms with van der Waals surface area (Å²) < 4.78 is 5.78. The molecule has 2 nitrogen and oxygen atoms in total. The number of hydrogen-bond acceptors (Lipinski definition) is 2. The molecule has 1 fully saturated rings. The Morgan fingerprint density at radius 2 is 2.43 bits per heavy atom. The molecule has 2 heteroatoms. The van der Waals surface area contributed by atoms with Gasteiger partial charge in [0, 0.05) is 12.6 Å². The van der Waals surface area contributed by atoms with Crippen LogP contribution in [0.25, 0.3) is 0 Å². The van der Waals surface area contributed by atoms with E-state index >= 15 is 0 Å². The van der Waals surface area contributed by atoms with Crippen molar-refractivity contribution in [1.82, 2.24) is 5.32 Å². The molecule has 1 N–H and O–H groups in total. The average Bonchev–Trinajstić information content (AvgIpc) is 2.25. The lowest BCUT2D eigenvalue weighted by atomic mass is 9.99. The number of ether oxygens (including phenoxy) is 1. The van der Waals surface area contributed by atoms with Gasteiger partial charge in [-0.15, -0.1) is 6.58 Å². The highest BCUT2D eigenvalue weighted by atomic mass is 16.5. The molecule has 1 rings (SSSR count). The molecule has 0 bridgehead atoms. The lowest BCUT2D eigenvalue weighted by Gasteiger charge is -2.30. The molecule has 0 aromatic carbocycles. The molecule has 0 spiro atoms. The molecule has 82 valence electrons. The van der Waals surface area contributed by atoms with Crippen LogP contribution in [0.4, 0.5) is 0 Å². The lowest BCUT2D eigenvalue weighted by Crippen LogP contribution is -2.42. The molecular formula is C12H23NO. The van der Waals surface area contributed by atoms with Gasteiger partial charge in [-0.1, -0.05) is 13.0 Å². The van der Waals surface area contributed by atoms with E-state index < -0.39 is 0 Å². The maximum absolute atomic E-state index is 5.78. The summed E-state index contributed by atoms with van der Waals surface area (Å²) in [5.41, 5.74) is 0. The third-order valence-corrected chi connectivity index (χ3v) is 2.74. The highest BCUT2D eigenvalue weighted by Gasteiger charge is 2.22. The lowest BCUT2D eigenvalue weighted by molar-refractivity contribution is -0.00681. The van der Waals surface area contributed by atoms with Gasteiger partial charge in [0.05, 0.1) is 6.10 Å². The Bertz CT molecular complexity index is 152. The van der Waals surface area contributed by atoms with Gasteiger partial charge < -0.3 is 10.1 Å². The van der Waals surface area contributed by atoms with Crippen LogP contribution in [0.3, 0.4) is 0 Å². The van der Waals surface area contributed by atoms with E-state index in [0.717, 1.165) is 19.6 Å². The fourth-order valence-corrected chi connectivity index (χ4v) is 1.96. The summed E-state index contributed by atoms with van der Waals surface area (Å²) in [7, 11) is 0. The van der Waals surface area contributed by atoms with Gasteiger partial charge in [-0.25, -0.2) is 0 Å². The molecule has 0 aromatic heterocycles. The summed E-state index contributed by atoms with van der Waals surface area (Å²) in [6, 6.07) is 0.479. The van der Waals surface area contributed by atoms with Gasteiger partial charge in [-0.3, -0.25) is 0 Å². The molecule has 0 aromatic rings. The van der Waals surface area contributed by atoms with E-state index in [1.807, 2.05) is 6.08 Å². The quantitative estimate of drug-likeness (QED) is 0.661. The van der Waals surface area contributed by atoms with E-state index in [4.69, 9.17) is 4.74 Å². The number of nitrogens with one attached hydrogen (secondary N) is 1. The predicted molar refractivity (Wildman–Crippen MR) is 60.5 cm³/mol. The predicted octanol–water partition coefficient (Wildman–Crippen LogP) is 2.50. The van der Waals surface area contributed by atoms with Crippen molar-refractivity contribution in [3.63, 3.8) is 0 Å². The Labute approximate surface area is 87.7 Å². The Hall–Kier alpha value is -0.340. The highest BCUT2D eigenvalue weighted by Crippen LogP contribution is 2.17. The molecule has 2 unspecified atom stereocenters. The Morgan fingerprint density at radius 3 is 3.00 bits per heavy atom. The summed E-state index contributed by atoms with van der Waals surface area (Å²) in [4.78, 5) is 0. The summed E-state index contributed by atoms with van der Waals surface area (Å²) in [6.45, 7) is 8.02. The largest absolute Gasteiger partial charge is 0.377 e. The van der Waals surface area contributed by atoms with Crippen LogP contribution in [0.1, 0.15) is 39.0 Å². The average molecular weight is 197 g/mol. The maximum atomic E-state index is 5.78. The molecule has 1 aliphatic rings. The Balaban J connectivity index is 2.34. The fourth-order valence-electron chi connectivity index (χ4n) is 1.96. The van der Waals surface area contributed by atoms with Gasteiger partial charge >= 0.3 is 0 Å². The molecule has 1 heterocycles. The molecule has 1 aliphatic heterocycles. The minimum absolute atomic E-state index is 0.410. The van der Waals surface area contributed by atoms with Crippen molar-refractivity contribution in [3.05, 3.63) is 12.7 Å². The summed E-state index contributed by atoms with van der Waals surface area (Å²) in [5, 5.41) is 3.54. The highest BCUT2D eigenvalue weighted by molar-refractivity contribution is 4.85. The Morgan fingerprint density at radius 1 is 1.57 bits per heavy atom. The first-order valence-corrected chi connectivity index (χ1v) is 5.84. The monoisotopic (exact) mass is 197 g/mol. The molecule has 0 saturated carbocycles. The summed E-state index contributed by atoms with van der Waals surface area (Å²) in [5.74, 6) is 0. The van der Waals surface area contributed by atoms with Gasteiger partial charge in [0.25, 0.3) is 0 Å². The zero-order valence-electron chi connectivity index (χ0n) is 9.30. The minimum Gasteiger partial charge on any atom is -0.377 e. The van der Waals surface area contributed by atoms with Gasteiger partial charge in [0.1, 0.15) is 0 Å². The fraction of sp³-hybridized carbons (Fsp3) is 0.833. The normalized spacial score (nSPS) is 24.5. The van der Waals surface area contributed by atoms with E-state index in [1.54, 1.807) is 0 Å². The van der Waals surface area contributed by atoms with Crippen molar-refractivity contribution in [2.24, 2.45) is 0 Å². The van der Waals surface area contributed by atoms with E-state index in [9.17, 15) is 0 Å². The van der Waals surface area contributed by atoms with Crippen LogP contribution in [0.2, 0.25) is 0 Å². The van der Waals surface area contributed by atoms with E-state index in [1.165, 1.54) is 25.7 Å². The van der Waals surface area contributed by atoms with Crippen LogP contribution in [-0.4, -0.2) is 25.3 Å². The second-order valence-corrected chi connectivity index (χ2v) is 3.99. The molecule has 2 atom stereocenters. The zero-order valence-corrected chi connectivity index (χ0v) is 9.30. The van der Waals surface area contributed by atoms with Crippen molar-refractivity contribution in [1.29, 1.82) is 0 Å². The summed E-state index contributed by atoms with van der Waals surface area (Å²) >= 11 is 0. The number of rotatable bonds is 6. The zero-order chi connectivity index (χ0) is 10.2. The van der Waals surface area contributed by atoms with Crippen molar-refractivity contribution in [2.45, 2.75) is 51.2 Å². The third kappa shape index (κ3) is 3.81. The Kier molecular flexibility index (Phi) is 5.88. The number of hydrogen-bond donors (Lipinski definition) is 1. The minimum atomic E-state index is 0.410. The molecule has 0 amide bonds. The van der Waals surface area contributed by atoms with E-state index in [2.05, 4.69) is 18.8 Å². The van der Waals surface area contributed by atoms with Crippen LogP contribution >= 0.6 is 0 Å². The first-order valence-electron chi connectivity index (χ1n) is 5.84. The van der Waals surface area contributed by atoms with Crippen molar-refractivity contribution in [3.8, 4) is 0 Å².